The van der Waals surface area contributed by atoms with Gasteiger partial charge in [0, 0.05) is 16.8 Å². The van der Waals surface area contributed by atoms with E-state index in [2.05, 4.69) is 36.6 Å². The van der Waals surface area contributed by atoms with Crippen molar-refractivity contribution in [1.29, 1.82) is 0 Å². The van der Waals surface area contributed by atoms with Crippen molar-refractivity contribution in [3.8, 4) is 0 Å². The predicted molar refractivity (Wildman–Crippen MR) is 79.5 cm³/mol. The molecular formula is C10H15Br2NO2S2. The number of thiophene rings is 1. The Labute approximate surface area is 123 Å². The average molecular weight is 405 g/mol. The molecule has 1 rings (SSSR count). The van der Waals surface area contributed by atoms with Gasteiger partial charge in [-0.15, -0.1) is 11.3 Å². The van der Waals surface area contributed by atoms with Crippen LogP contribution >= 0.6 is 43.2 Å². The van der Waals surface area contributed by atoms with Gasteiger partial charge in [-0.3, -0.25) is 0 Å². The summed E-state index contributed by atoms with van der Waals surface area (Å²) < 4.78 is 27.6. The fourth-order valence-corrected chi connectivity index (χ4v) is 5.67. The van der Waals surface area contributed by atoms with E-state index in [1.54, 1.807) is 6.07 Å². The molecule has 0 aromatic carbocycles. The zero-order chi connectivity index (χ0) is 13.1. The Morgan fingerprint density at radius 2 is 2.18 bits per heavy atom. The highest BCUT2D eigenvalue weighted by atomic mass is 79.9. The van der Waals surface area contributed by atoms with E-state index in [0.29, 0.717) is 17.4 Å². The Morgan fingerprint density at radius 1 is 1.53 bits per heavy atom. The lowest BCUT2D eigenvalue weighted by molar-refractivity contribution is 0.532. The molecule has 0 spiro atoms. The molecule has 0 aliphatic rings. The quantitative estimate of drug-likeness (QED) is 0.737. The van der Waals surface area contributed by atoms with E-state index >= 15 is 0 Å². The fraction of sp³-hybridized carbons (Fsp3) is 0.600. The summed E-state index contributed by atoms with van der Waals surface area (Å²) >= 11 is 8.08. The Kier molecular flexibility index (Phi) is 6.12. The van der Waals surface area contributed by atoms with Gasteiger partial charge in [-0.2, -0.15) is 0 Å². The SMILES string of the molecule is Cc1sc(Br)cc1S(=O)(=O)NCC(C)CCBr. The molecule has 98 valence electrons. The number of aryl methyl sites for hydroxylation is 1. The molecule has 0 bridgehead atoms. The van der Waals surface area contributed by atoms with Crippen LogP contribution in [0.3, 0.4) is 0 Å². The van der Waals surface area contributed by atoms with Gasteiger partial charge >= 0.3 is 0 Å². The minimum Gasteiger partial charge on any atom is -0.211 e. The molecule has 0 aliphatic heterocycles. The van der Waals surface area contributed by atoms with Gasteiger partial charge in [-0.25, -0.2) is 13.1 Å². The lowest BCUT2D eigenvalue weighted by Gasteiger charge is -2.11. The molecule has 0 saturated heterocycles. The Bertz CT molecular complexity index is 471. The van der Waals surface area contributed by atoms with Crippen molar-refractivity contribution in [2.75, 3.05) is 11.9 Å². The topological polar surface area (TPSA) is 46.2 Å². The minimum absolute atomic E-state index is 0.325. The van der Waals surface area contributed by atoms with Crippen LogP contribution in [0.5, 0.6) is 0 Å². The summed E-state index contributed by atoms with van der Waals surface area (Å²) in [5.41, 5.74) is 0. The number of hydrogen-bond acceptors (Lipinski definition) is 3. The number of alkyl halides is 1. The largest absolute Gasteiger partial charge is 0.241 e. The van der Waals surface area contributed by atoms with E-state index in [9.17, 15) is 8.42 Å². The van der Waals surface area contributed by atoms with Crippen molar-refractivity contribution < 1.29 is 8.42 Å². The smallest absolute Gasteiger partial charge is 0.211 e. The molecular weight excluding hydrogens is 390 g/mol. The molecule has 17 heavy (non-hydrogen) atoms. The minimum atomic E-state index is -3.37. The van der Waals surface area contributed by atoms with E-state index in [-0.39, 0.29) is 0 Å². The number of rotatable bonds is 6. The van der Waals surface area contributed by atoms with Gasteiger partial charge in [0.25, 0.3) is 0 Å². The third kappa shape index (κ3) is 4.63. The summed E-state index contributed by atoms with van der Waals surface area (Å²) in [7, 11) is -3.37. The second-order valence-electron chi connectivity index (χ2n) is 3.91. The van der Waals surface area contributed by atoms with Crippen molar-refractivity contribution in [2.45, 2.75) is 25.2 Å². The summed E-state index contributed by atoms with van der Waals surface area (Å²) in [5.74, 6) is 0.325. The second kappa shape index (κ2) is 6.65. The summed E-state index contributed by atoms with van der Waals surface area (Å²) in [6, 6.07) is 1.65. The summed E-state index contributed by atoms with van der Waals surface area (Å²) in [4.78, 5) is 1.18. The molecule has 0 aliphatic carbocycles. The summed E-state index contributed by atoms with van der Waals surface area (Å²) in [6.45, 7) is 4.31. The van der Waals surface area contributed by atoms with Crippen molar-refractivity contribution in [3.63, 3.8) is 0 Å². The molecule has 1 heterocycles. The number of nitrogens with one attached hydrogen (secondary N) is 1. The van der Waals surface area contributed by atoms with Crippen LogP contribution in [-0.4, -0.2) is 20.3 Å². The van der Waals surface area contributed by atoms with Gasteiger partial charge in [0.1, 0.15) is 0 Å². The van der Waals surface area contributed by atoms with E-state index in [1.807, 2.05) is 13.8 Å². The maximum absolute atomic E-state index is 12.0. The Balaban J connectivity index is 2.73. The van der Waals surface area contributed by atoms with E-state index in [4.69, 9.17) is 0 Å². The first-order valence-electron chi connectivity index (χ1n) is 5.18. The molecule has 3 nitrogen and oxygen atoms in total. The lowest BCUT2D eigenvalue weighted by atomic mass is 10.1. The predicted octanol–water partition coefficient (Wildman–Crippen LogP) is 3.52. The normalized spacial score (nSPS) is 13.9. The van der Waals surface area contributed by atoms with Crippen LogP contribution in [0.25, 0.3) is 0 Å². The first-order valence-corrected chi connectivity index (χ1v) is 9.39. The van der Waals surface area contributed by atoms with Crippen LogP contribution < -0.4 is 4.72 Å². The summed E-state index contributed by atoms with van der Waals surface area (Å²) in [6.07, 6.45) is 0.953. The van der Waals surface area contributed by atoms with Crippen molar-refractivity contribution in [2.24, 2.45) is 5.92 Å². The van der Waals surface area contributed by atoms with Gasteiger partial charge in [-0.1, -0.05) is 22.9 Å². The second-order valence-corrected chi connectivity index (χ2v) is 9.07. The van der Waals surface area contributed by atoms with Crippen LogP contribution in [0.1, 0.15) is 18.2 Å². The highest BCUT2D eigenvalue weighted by molar-refractivity contribution is 9.11. The molecule has 1 aromatic heterocycles. The molecule has 0 amide bonds. The molecule has 1 unspecified atom stereocenters. The fourth-order valence-electron chi connectivity index (χ4n) is 1.32. The molecule has 0 saturated carbocycles. The average Bonchev–Trinajstić information content (AvgIpc) is 2.56. The van der Waals surface area contributed by atoms with Crippen molar-refractivity contribution in [3.05, 3.63) is 14.7 Å². The van der Waals surface area contributed by atoms with Crippen LogP contribution in [0.15, 0.2) is 14.7 Å². The first-order chi connectivity index (χ1) is 7.86. The highest BCUT2D eigenvalue weighted by Crippen LogP contribution is 2.29. The van der Waals surface area contributed by atoms with Crippen molar-refractivity contribution >= 4 is 53.2 Å². The molecule has 1 N–H and O–H groups in total. The van der Waals surface area contributed by atoms with Crippen LogP contribution in [0, 0.1) is 12.8 Å². The van der Waals surface area contributed by atoms with E-state index < -0.39 is 10.0 Å². The number of halogens is 2. The zero-order valence-electron chi connectivity index (χ0n) is 9.66. The maximum Gasteiger partial charge on any atom is 0.241 e. The zero-order valence-corrected chi connectivity index (χ0v) is 14.5. The monoisotopic (exact) mass is 403 g/mol. The number of hydrogen-bond donors (Lipinski definition) is 1. The maximum atomic E-state index is 12.0. The van der Waals surface area contributed by atoms with E-state index in [0.717, 1.165) is 20.4 Å². The van der Waals surface area contributed by atoms with Crippen LogP contribution in [-0.2, 0) is 10.0 Å². The van der Waals surface area contributed by atoms with Gasteiger partial charge in [0.05, 0.1) is 8.68 Å². The first kappa shape index (κ1) is 15.6. The van der Waals surface area contributed by atoms with E-state index in [1.165, 1.54) is 11.3 Å². The third-order valence-electron chi connectivity index (χ3n) is 2.36. The van der Waals surface area contributed by atoms with Crippen LogP contribution in [0.2, 0.25) is 0 Å². The van der Waals surface area contributed by atoms with Gasteiger partial charge in [0.15, 0.2) is 0 Å². The molecule has 0 fully saturated rings. The summed E-state index contributed by atoms with van der Waals surface area (Å²) in [5, 5.41) is 0.888. The van der Waals surface area contributed by atoms with Gasteiger partial charge in [-0.05, 0) is 41.3 Å². The van der Waals surface area contributed by atoms with Crippen molar-refractivity contribution in [1.82, 2.24) is 4.72 Å². The molecule has 0 radical (unpaired) electrons. The molecule has 1 aromatic rings. The molecule has 7 heteroatoms. The lowest BCUT2D eigenvalue weighted by Crippen LogP contribution is -2.28. The molecule has 1 atom stereocenters. The standard InChI is InChI=1S/C10H15Br2NO2S2/c1-7(3-4-11)6-13-17(14,15)9-5-10(12)16-8(9)2/h5,7,13H,3-4,6H2,1-2H3. The van der Waals surface area contributed by atoms with Gasteiger partial charge < -0.3 is 0 Å². The van der Waals surface area contributed by atoms with Gasteiger partial charge in [0.2, 0.25) is 10.0 Å². The number of sulfonamides is 1. The third-order valence-corrected chi connectivity index (χ3v) is 6.05. The highest BCUT2D eigenvalue weighted by Gasteiger charge is 2.19. The van der Waals surface area contributed by atoms with Crippen LogP contribution in [0.4, 0.5) is 0 Å². The Hall–Kier alpha value is 0.570. The Morgan fingerprint density at radius 3 is 2.65 bits per heavy atom.